The number of rotatable bonds is 3. The lowest BCUT2D eigenvalue weighted by molar-refractivity contribution is -0.137. The van der Waals surface area contributed by atoms with Crippen molar-refractivity contribution < 1.29 is 14.7 Å². The summed E-state index contributed by atoms with van der Waals surface area (Å²) in [6.45, 7) is 0.338. The van der Waals surface area contributed by atoms with Gasteiger partial charge in [0.25, 0.3) is 5.91 Å². The van der Waals surface area contributed by atoms with Crippen molar-refractivity contribution in [2.24, 2.45) is 0 Å². The van der Waals surface area contributed by atoms with E-state index in [9.17, 15) is 9.59 Å². The third-order valence-corrected chi connectivity index (χ3v) is 3.35. The Kier molecular flexibility index (Phi) is 2.94. The summed E-state index contributed by atoms with van der Waals surface area (Å²) < 4.78 is 0. The molecule has 0 radical (unpaired) electrons. The second kappa shape index (κ2) is 4.76. The van der Waals surface area contributed by atoms with Crippen LogP contribution in [0, 0.1) is 0 Å². The van der Waals surface area contributed by atoms with Crippen molar-refractivity contribution in [3.63, 3.8) is 0 Å². The number of H-pyrrole nitrogens is 1. The summed E-state index contributed by atoms with van der Waals surface area (Å²) in [4.78, 5) is 28.7. The van der Waals surface area contributed by atoms with E-state index in [1.807, 2.05) is 24.3 Å². The number of aliphatic carboxylic acids is 1. The zero-order chi connectivity index (χ0) is 14.1. The van der Waals surface area contributed by atoms with Gasteiger partial charge in [-0.05, 0) is 11.6 Å². The van der Waals surface area contributed by atoms with Gasteiger partial charge in [0.2, 0.25) is 5.82 Å². The van der Waals surface area contributed by atoms with Gasteiger partial charge in [-0.3, -0.25) is 14.7 Å². The van der Waals surface area contributed by atoms with Crippen LogP contribution in [0.15, 0.2) is 30.6 Å². The fourth-order valence-corrected chi connectivity index (χ4v) is 2.51. The molecule has 1 unspecified atom stereocenters. The Balaban J connectivity index is 1.94. The Labute approximate surface area is 114 Å². The molecule has 1 aliphatic heterocycles. The van der Waals surface area contributed by atoms with Gasteiger partial charge in [-0.2, -0.15) is 5.10 Å². The van der Waals surface area contributed by atoms with E-state index < -0.39 is 5.97 Å². The summed E-state index contributed by atoms with van der Waals surface area (Å²) in [6.07, 6.45) is 1.27. The molecule has 1 atom stereocenters. The maximum absolute atomic E-state index is 12.3. The van der Waals surface area contributed by atoms with Crippen molar-refractivity contribution in [3.8, 4) is 0 Å². The Hall–Kier alpha value is -2.70. The molecule has 1 aromatic heterocycles. The SMILES string of the molecule is O=C(O)CC1CN(C(=O)c2ncn[nH]2)c2ccccc21. The monoisotopic (exact) mass is 272 g/mol. The summed E-state index contributed by atoms with van der Waals surface area (Å²) in [7, 11) is 0. The number of fused-ring (bicyclic) bond motifs is 1. The minimum absolute atomic E-state index is 0.00278. The predicted octanol–water partition coefficient (Wildman–Crippen LogP) is 1.02. The van der Waals surface area contributed by atoms with Gasteiger partial charge in [0.1, 0.15) is 6.33 Å². The van der Waals surface area contributed by atoms with Gasteiger partial charge < -0.3 is 10.0 Å². The van der Waals surface area contributed by atoms with Gasteiger partial charge in [0, 0.05) is 18.2 Å². The maximum Gasteiger partial charge on any atom is 0.304 e. The number of nitrogens with one attached hydrogen (secondary N) is 1. The molecule has 0 saturated carbocycles. The summed E-state index contributed by atoms with van der Waals surface area (Å²) in [6, 6.07) is 7.33. The van der Waals surface area contributed by atoms with Crippen molar-refractivity contribution in [2.45, 2.75) is 12.3 Å². The molecule has 3 rings (SSSR count). The first kappa shape index (κ1) is 12.3. The number of carboxylic acids is 1. The molecule has 2 aromatic rings. The van der Waals surface area contributed by atoms with Gasteiger partial charge in [-0.15, -0.1) is 0 Å². The zero-order valence-electron chi connectivity index (χ0n) is 10.5. The Morgan fingerprint density at radius 2 is 2.20 bits per heavy atom. The van der Waals surface area contributed by atoms with Crippen LogP contribution >= 0.6 is 0 Å². The fourth-order valence-electron chi connectivity index (χ4n) is 2.51. The van der Waals surface area contributed by atoms with E-state index in [1.165, 1.54) is 6.33 Å². The molecule has 0 saturated heterocycles. The summed E-state index contributed by atoms with van der Waals surface area (Å²) in [5.41, 5.74) is 1.61. The van der Waals surface area contributed by atoms with Crippen LogP contribution in [0.4, 0.5) is 5.69 Å². The van der Waals surface area contributed by atoms with Crippen LogP contribution in [-0.2, 0) is 4.79 Å². The molecule has 7 heteroatoms. The molecule has 2 heterocycles. The highest BCUT2D eigenvalue weighted by atomic mass is 16.4. The van der Waals surface area contributed by atoms with Crippen LogP contribution < -0.4 is 4.90 Å². The number of carbonyl (C=O) groups excluding carboxylic acids is 1. The molecule has 0 spiro atoms. The minimum Gasteiger partial charge on any atom is -0.481 e. The van der Waals surface area contributed by atoms with Crippen LogP contribution in [0.25, 0.3) is 0 Å². The highest BCUT2D eigenvalue weighted by Crippen LogP contribution is 2.38. The van der Waals surface area contributed by atoms with Crippen molar-refractivity contribution in [3.05, 3.63) is 42.0 Å². The topological polar surface area (TPSA) is 99.2 Å². The number of para-hydroxylation sites is 1. The summed E-state index contributed by atoms with van der Waals surface area (Å²) in [5, 5.41) is 15.2. The van der Waals surface area contributed by atoms with Crippen LogP contribution in [0.5, 0.6) is 0 Å². The van der Waals surface area contributed by atoms with Gasteiger partial charge in [0.15, 0.2) is 0 Å². The maximum atomic E-state index is 12.3. The van der Waals surface area contributed by atoms with E-state index in [4.69, 9.17) is 5.11 Å². The van der Waals surface area contributed by atoms with Crippen LogP contribution in [0.3, 0.4) is 0 Å². The smallest absolute Gasteiger partial charge is 0.304 e. The normalized spacial score (nSPS) is 17.0. The molecular weight excluding hydrogens is 260 g/mol. The van der Waals surface area contributed by atoms with Crippen LogP contribution in [0.2, 0.25) is 0 Å². The molecule has 0 bridgehead atoms. The fraction of sp³-hybridized carbons (Fsp3) is 0.231. The minimum atomic E-state index is -0.876. The number of aromatic nitrogens is 3. The zero-order valence-corrected chi connectivity index (χ0v) is 10.5. The number of hydrogen-bond donors (Lipinski definition) is 2. The number of aromatic amines is 1. The van der Waals surface area contributed by atoms with Crippen molar-refractivity contribution in [2.75, 3.05) is 11.4 Å². The quantitative estimate of drug-likeness (QED) is 0.869. The molecular formula is C13H12N4O3. The number of nitrogens with zero attached hydrogens (tertiary/aromatic N) is 3. The Morgan fingerprint density at radius 1 is 1.40 bits per heavy atom. The molecule has 7 nitrogen and oxygen atoms in total. The largest absolute Gasteiger partial charge is 0.481 e. The third kappa shape index (κ3) is 2.03. The standard InChI is InChI=1S/C13H12N4O3/c18-11(19)5-8-6-17(10-4-2-1-3-9(8)10)13(20)12-14-7-15-16-12/h1-4,7-8H,5-6H2,(H,18,19)(H,14,15,16). The number of carboxylic acid groups (broad SMARTS) is 1. The Bertz CT molecular complexity index is 653. The lowest BCUT2D eigenvalue weighted by atomic mass is 9.98. The third-order valence-electron chi connectivity index (χ3n) is 3.35. The summed E-state index contributed by atoms with van der Waals surface area (Å²) >= 11 is 0. The molecule has 2 N–H and O–H groups in total. The van der Waals surface area contributed by atoms with Gasteiger partial charge in [-0.25, -0.2) is 4.98 Å². The highest BCUT2D eigenvalue weighted by Gasteiger charge is 2.34. The van der Waals surface area contributed by atoms with Gasteiger partial charge >= 0.3 is 5.97 Å². The Morgan fingerprint density at radius 3 is 2.90 bits per heavy atom. The summed E-state index contributed by atoms with van der Waals surface area (Å²) in [5.74, 6) is -1.23. The molecule has 1 aliphatic rings. The van der Waals surface area contributed by atoms with Crippen molar-refractivity contribution in [1.29, 1.82) is 0 Å². The van der Waals surface area contributed by atoms with E-state index in [0.717, 1.165) is 11.3 Å². The molecule has 20 heavy (non-hydrogen) atoms. The second-order valence-corrected chi connectivity index (χ2v) is 4.60. The van der Waals surface area contributed by atoms with Crippen LogP contribution in [0.1, 0.15) is 28.5 Å². The predicted molar refractivity (Wildman–Crippen MR) is 69.5 cm³/mol. The average molecular weight is 272 g/mol. The highest BCUT2D eigenvalue weighted by molar-refractivity contribution is 6.05. The number of carbonyl (C=O) groups is 2. The number of hydrogen-bond acceptors (Lipinski definition) is 4. The molecule has 0 fully saturated rings. The average Bonchev–Trinajstić information content (AvgIpc) is 3.06. The van der Waals surface area contributed by atoms with Crippen molar-refractivity contribution in [1.82, 2.24) is 15.2 Å². The van der Waals surface area contributed by atoms with Gasteiger partial charge in [-0.1, -0.05) is 18.2 Å². The van der Waals surface area contributed by atoms with E-state index >= 15 is 0 Å². The molecule has 0 aliphatic carbocycles. The first-order valence-corrected chi connectivity index (χ1v) is 6.14. The molecule has 1 aromatic carbocycles. The van der Waals surface area contributed by atoms with Crippen molar-refractivity contribution >= 4 is 17.6 Å². The van der Waals surface area contributed by atoms with Gasteiger partial charge in [0.05, 0.1) is 6.42 Å². The second-order valence-electron chi connectivity index (χ2n) is 4.60. The number of benzene rings is 1. The lowest BCUT2D eigenvalue weighted by Crippen LogP contribution is -2.31. The molecule has 102 valence electrons. The van der Waals surface area contributed by atoms with E-state index in [0.29, 0.717) is 6.54 Å². The van der Waals surface area contributed by atoms with E-state index in [1.54, 1.807) is 4.90 Å². The first-order valence-electron chi connectivity index (χ1n) is 6.14. The van der Waals surface area contributed by atoms with E-state index in [2.05, 4.69) is 15.2 Å². The first-order chi connectivity index (χ1) is 9.66. The van der Waals surface area contributed by atoms with Crippen LogP contribution in [-0.4, -0.2) is 38.7 Å². The lowest BCUT2D eigenvalue weighted by Gasteiger charge is -2.15. The molecule has 1 amide bonds. The number of anilines is 1. The number of amides is 1. The van der Waals surface area contributed by atoms with E-state index in [-0.39, 0.29) is 24.1 Å².